The first-order valence-electron chi connectivity index (χ1n) is 6.75. The molecule has 1 amide bonds. The standard InChI is InChI=1S/C18H15NOS/c1-13-6-9-17(21-13)10-11-18(20)19-16-8-7-14-4-2-3-5-15(14)12-16/h2-12H,1H3,(H,19,20)/b11-10+. The van der Waals surface area contributed by atoms with E-state index in [1.54, 1.807) is 17.4 Å². The van der Waals surface area contributed by atoms with Gasteiger partial charge in [0.2, 0.25) is 5.91 Å². The molecular formula is C18H15NOS. The lowest BCUT2D eigenvalue weighted by Gasteiger charge is -2.04. The molecule has 0 bridgehead atoms. The normalized spacial score (nSPS) is 11.1. The van der Waals surface area contributed by atoms with E-state index in [-0.39, 0.29) is 5.91 Å². The van der Waals surface area contributed by atoms with Gasteiger partial charge in [-0.05, 0) is 48.0 Å². The van der Waals surface area contributed by atoms with E-state index in [1.807, 2.05) is 54.6 Å². The Morgan fingerprint density at radius 3 is 2.62 bits per heavy atom. The molecule has 1 aromatic heterocycles. The third kappa shape index (κ3) is 3.38. The summed E-state index contributed by atoms with van der Waals surface area (Å²) < 4.78 is 0. The zero-order valence-corrected chi connectivity index (χ0v) is 12.5. The summed E-state index contributed by atoms with van der Waals surface area (Å²) >= 11 is 1.67. The van der Waals surface area contributed by atoms with Crippen molar-refractivity contribution >= 4 is 39.8 Å². The van der Waals surface area contributed by atoms with Crippen LogP contribution in [0.2, 0.25) is 0 Å². The van der Waals surface area contributed by atoms with Crippen LogP contribution in [-0.2, 0) is 4.79 Å². The largest absolute Gasteiger partial charge is 0.322 e. The van der Waals surface area contributed by atoms with Gasteiger partial charge in [0, 0.05) is 21.5 Å². The number of hydrogen-bond acceptors (Lipinski definition) is 2. The van der Waals surface area contributed by atoms with Crippen LogP contribution in [-0.4, -0.2) is 5.91 Å². The molecule has 1 N–H and O–H groups in total. The maximum Gasteiger partial charge on any atom is 0.248 e. The first-order valence-corrected chi connectivity index (χ1v) is 7.57. The molecule has 104 valence electrons. The van der Waals surface area contributed by atoms with Gasteiger partial charge in [-0.1, -0.05) is 30.3 Å². The van der Waals surface area contributed by atoms with E-state index >= 15 is 0 Å². The van der Waals surface area contributed by atoms with Crippen molar-refractivity contribution < 1.29 is 4.79 Å². The number of fused-ring (bicyclic) bond motifs is 1. The third-order valence-electron chi connectivity index (χ3n) is 3.18. The lowest BCUT2D eigenvalue weighted by molar-refractivity contribution is -0.111. The molecule has 21 heavy (non-hydrogen) atoms. The highest BCUT2D eigenvalue weighted by molar-refractivity contribution is 7.12. The number of aryl methyl sites for hydroxylation is 1. The fourth-order valence-electron chi connectivity index (χ4n) is 2.15. The first kappa shape index (κ1) is 13.6. The number of carbonyl (C=O) groups excluding carboxylic acids is 1. The molecule has 3 rings (SSSR count). The number of anilines is 1. The Hall–Kier alpha value is -2.39. The van der Waals surface area contributed by atoms with Crippen LogP contribution in [0.5, 0.6) is 0 Å². The van der Waals surface area contributed by atoms with Crippen molar-refractivity contribution in [1.82, 2.24) is 0 Å². The number of rotatable bonds is 3. The highest BCUT2D eigenvalue weighted by Crippen LogP contribution is 2.19. The van der Waals surface area contributed by atoms with E-state index < -0.39 is 0 Å². The Kier molecular flexibility index (Phi) is 3.84. The molecule has 0 spiro atoms. The van der Waals surface area contributed by atoms with E-state index in [2.05, 4.69) is 18.3 Å². The molecule has 3 heteroatoms. The summed E-state index contributed by atoms with van der Waals surface area (Å²) in [5.41, 5.74) is 0.811. The maximum absolute atomic E-state index is 11.9. The van der Waals surface area contributed by atoms with E-state index in [1.165, 1.54) is 10.3 Å². The van der Waals surface area contributed by atoms with E-state index in [0.717, 1.165) is 16.0 Å². The van der Waals surface area contributed by atoms with Crippen molar-refractivity contribution in [2.45, 2.75) is 6.92 Å². The summed E-state index contributed by atoms with van der Waals surface area (Å²) in [6, 6.07) is 18.1. The Morgan fingerprint density at radius 1 is 1.05 bits per heavy atom. The van der Waals surface area contributed by atoms with Gasteiger partial charge in [0.1, 0.15) is 0 Å². The summed E-state index contributed by atoms with van der Waals surface area (Å²) in [5, 5.41) is 5.18. The Bertz CT molecular complexity index is 817. The molecule has 2 nitrogen and oxygen atoms in total. The number of thiophene rings is 1. The van der Waals surface area contributed by atoms with Crippen LogP contribution in [0.3, 0.4) is 0 Å². The Morgan fingerprint density at radius 2 is 1.86 bits per heavy atom. The molecular weight excluding hydrogens is 278 g/mol. The second kappa shape index (κ2) is 5.94. The fourth-order valence-corrected chi connectivity index (χ4v) is 2.93. The average Bonchev–Trinajstić information content (AvgIpc) is 2.91. The van der Waals surface area contributed by atoms with Crippen LogP contribution in [0.4, 0.5) is 5.69 Å². The minimum atomic E-state index is -0.115. The molecule has 0 aliphatic heterocycles. The number of hydrogen-bond donors (Lipinski definition) is 1. The number of amides is 1. The zero-order chi connectivity index (χ0) is 14.7. The van der Waals surface area contributed by atoms with Gasteiger partial charge >= 0.3 is 0 Å². The second-order valence-electron chi connectivity index (χ2n) is 4.83. The predicted octanol–water partition coefficient (Wildman–Crippen LogP) is 4.86. The zero-order valence-electron chi connectivity index (χ0n) is 11.7. The average molecular weight is 293 g/mol. The molecule has 0 atom stereocenters. The van der Waals surface area contributed by atoms with Crippen molar-refractivity contribution in [2.24, 2.45) is 0 Å². The summed E-state index contributed by atoms with van der Waals surface area (Å²) in [6.45, 7) is 2.05. The van der Waals surface area contributed by atoms with Gasteiger partial charge in [-0.3, -0.25) is 4.79 Å². The van der Waals surface area contributed by atoms with Crippen molar-refractivity contribution in [3.8, 4) is 0 Å². The number of benzene rings is 2. The predicted molar refractivity (Wildman–Crippen MR) is 90.7 cm³/mol. The maximum atomic E-state index is 11.9. The molecule has 0 fully saturated rings. The Balaban J connectivity index is 1.72. The summed E-state index contributed by atoms with van der Waals surface area (Å²) in [4.78, 5) is 14.3. The minimum absolute atomic E-state index is 0.115. The summed E-state index contributed by atoms with van der Waals surface area (Å²) in [7, 11) is 0. The second-order valence-corrected chi connectivity index (χ2v) is 6.15. The molecule has 2 aromatic carbocycles. The van der Waals surface area contributed by atoms with Gasteiger partial charge in [-0.25, -0.2) is 0 Å². The van der Waals surface area contributed by atoms with Crippen LogP contribution in [0.1, 0.15) is 9.75 Å². The molecule has 3 aromatic rings. The lowest BCUT2D eigenvalue weighted by Crippen LogP contribution is -2.07. The quantitative estimate of drug-likeness (QED) is 0.686. The van der Waals surface area contributed by atoms with Gasteiger partial charge < -0.3 is 5.32 Å². The topological polar surface area (TPSA) is 29.1 Å². The molecule has 0 radical (unpaired) electrons. The van der Waals surface area contributed by atoms with Gasteiger partial charge in [0.25, 0.3) is 0 Å². The molecule has 1 heterocycles. The highest BCUT2D eigenvalue weighted by atomic mass is 32.1. The molecule has 0 saturated carbocycles. The smallest absolute Gasteiger partial charge is 0.248 e. The van der Waals surface area contributed by atoms with Crippen molar-refractivity contribution in [2.75, 3.05) is 5.32 Å². The van der Waals surface area contributed by atoms with E-state index in [4.69, 9.17) is 0 Å². The molecule has 0 saturated heterocycles. The van der Waals surface area contributed by atoms with Crippen molar-refractivity contribution in [1.29, 1.82) is 0 Å². The summed E-state index contributed by atoms with van der Waals surface area (Å²) in [5.74, 6) is -0.115. The van der Waals surface area contributed by atoms with Crippen LogP contribution in [0.15, 0.2) is 60.7 Å². The minimum Gasteiger partial charge on any atom is -0.322 e. The molecule has 0 aliphatic rings. The number of nitrogens with one attached hydrogen (secondary N) is 1. The fraction of sp³-hybridized carbons (Fsp3) is 0.0556. The van der Waals surface area contributed by atoms with Crippen LogP contribution >= 0.6 is 11.3 Å². The number of carbonyl (C=O) groups is 1. The molecule has 0 aliphatic carbocycles. The third-order valence-corrected chi connectivity index (χ3v) is 4.14. The van der Waals surface area contributed by atoms with Crippen LogP contribution in [0, 0.1) is 6.92 Å². The molecule has 0 unspecified atom stereocenters. The van der Waals surface area contributed by atoms with Gasteiger partial charge in [0.05, 0.1) is 0 Å². The van der Waals surface area contributed by atoms with Gasteiger partial charge in [-0.2, -0.15) is 0 Å². The van der Waals surface area contributed by atoms with Crippen LogP contribution < -0.4 is 5.32 Å². The SMILES string of the molecule is Cc1ccc(/C=C/C(=O)Nc2ccc3ccccc3c2)s1. The van der Waals surface area contributed by atoms with Gasteiger partial charge in [0.15, 0.2) is 0 Å². The highest BCUT2D eigenvalue weighted by Gasteiger charge is 2.00. The Labute approximate surface area is 127 Å². The van der Waals surface area contributed by atoms with E-state index in [9.17, 15) is 4.79 Å². The monoisotopic (exact) mass is 293 g/mol. The lowest BCUT2D eigenvalue weighted by atomic mass is 10.1. The van der Waals surface area contributed by atoms with E-state index in [0.29, 0.717) is 0 Å². The summed E-state index contributed by atoms with van der Waals surface area (Å²) in [6.07, 6.45) is 3.41. The van der Waals surface area contributed by atoms with Gasteiger partial charge in [-0.15, -0.1) is 11.3 Å². The first-order chi connectivity index (χ1) is 10.2. The van der Waals surface area contributed by atoms with Crippen LogP contribution in [0.25, 0.3) is 16.8 Å². The van der Waals surface area contributed by atoms with Crippen molar-refractivity contribution in [3.05, 3.63) is 70.4 Å². The van der Waals surface area contributed by atoms with Crippen molar-refractivity contribution in [3.63, 3.8) is 0 Å².